The summed E-state index contributed by atoms with van der Waals surface area (Å²) in [4.78, 5) is 25.3. The third-order valence-corrected chi connectivity index (χ3v) is 9.58. The molecule has 1 rings (SSSR count). The van der Waals surface area contributed by atoms with Gasteiger partial charge in [0.05, 0.1) is 13.2 Å². The van der Waals surface area contributed by atoms with Crippen molar-refractivity contribution < 1.29 is 49.0 Å². The highest BCUT2D eigenvalue weighted by atomic mass is 16.7. The number of esters is 2. The van der Waals surface area contributed by atoms with Crippen molar-refractivity contribution in [3.8, 4) is 0 Å². The summed E-state index contributed by atoms with van der Waals surface area (Å²) in [7, 11) is 0. The number of carbonyl (C=O) groups excluding carboxylic acids is 2. The second-order valence-electron chi connectivity index (χ2n) is 14.8. The van der Waals surface area contributed by atoms with Crippen LogP contribution in [0.3, 0.4) is 0 Å². The molecule has 1 aliphatic rings. The second kappa shape index (κ2) is 37.4. The number of carbonyl (C=O) groups is 2. The zero-order valence-electron chi connectivity index (χ0n) is 35.3. The van der Waals surface area contributed by atoms with Gasteiger partial charge in [-0.1, -0.05) is 138 Å². The fraction of sp³-hybridized carbons (Fsp3) is 0.702. The van der Waals surface area contributed by atoms with Gasteiger partial charge in [-0.2, -0.15) is 0 Å². The number of ether oxygens (including phenoxy) is 4. The lowest BCUT2D eigenvalue weighted by molar-refractivity contribution is -0.305. The van der Waals surface area contributed by atoms with Gasteiger partial charge in [0.15, 0.2) is 12.4 Å². The van der Waals surface area contributed by atoms with E-state index in [9.17, 15) is 30.0 Å². The first-order valence-electron chi connectivity index (χ1n) is 22.0. The Bertz CT molecular complexity index is 1160. The molecular formula is C47H78O10. The maximum absolute atomic E-state index is 12.7. The Balaban J connectivity index is 2.40. The Morgan fingerprint density at radius 3 is 1.61 bits per heavy atom. The number of unbranched alkanes of at least 4 members (excludes halogenated alkanes) is 12. The van der Waals surface area contributed by atoms with Gasteiger partial charge in [-0.25, -0.2) is 0 Å². The highest BCUT2D eigenvalue weighted by Gasteiger charge is 2.44. The van der Waals surface area contributed by atoms with Crippen LogP contribution in [0.15, 0.2) is 72.9 Å². The number of allylic oxidation sites excluding steroid dienone is 12. The maximum Gasteiger partial charge on any atom is 0.306 e. The topological polar surface area (TPSA) is 152 Å². The van der Waals surface area contributed by atoms with Gasteiger partial charge in [0, 0.05) is 12.8 Å². The third kappa shape index (κ3) is 29.1. The number of rotatable bonds is 35. The van der Waals surface area contributed by atoms with Crippen LogP contribution in [0, 0.1) is 0 Å². The van der Waals surface area contributed by atoms with Crippen molar-refractivity contribution in [1.29, 1.82) is 0 Å². The van der Waals surface area contributed by atoms with Gasteiger partial charge < -0.3 is 39.4 Å². The van der Waals surface area contributed by atoms with E-state index >= 15 is 0 Å². The van der Waals surface area contributed by atoms with E-state index < -0.39 is 55.4 Å². The Morgan fingerprint density at radius 1 is 0.561 bits per heavy atom. The second-order valence-corrected chi connectivity index (χ2v) is 14.8. The molecule has 0 aromatic rings. The summed E-state index contributed by atoms with van der Waals surface area (Å²) in [5.41, 5.74) is 0. The summed E-state index contributed by atoms with van der Waals surface area (Å²) in [6.07, 6.45) is 39.1. The molecule has 1 heterocycles. The van der Waals surface area contributed by atoms with Gasteiger partial charge in [-0.05, 0) is 77.0 Å². The zero-order valence-corrected chi connectivity index (χ0v) is 35.3. The summed E-state index contributed by atoms with van der Waals surface area (Å²) in [5.74, 6) is -0.894. The Kier molecular flexibility index (Phi) is 34.2. The Morgan fingerprint density at radius 2 is 1.05 bits per heavy atom. The number of aliphatic hydroxyl groups is 4. The Hall–Kier alpha value is -2.86. The van der Waals surface area contributed by atoms with E-state index in [0.717, 1.165) is 77.0 Å². The molecule has 10 nitrogen and oxygen atoms in total. The van der Waals surface area contributed by atoms with Crippen LogP contribution in [0.4, 0.5) is 0 Å². The molecule has 0 aliphatic carbocycles. The predicted octanol–water partition coefficient (Wildman–Crippen LogP) is 9.22. The van der Waals surface area contributed by atoms with Crippen LogP contribution in [0.25, 0.3) is 0 Å². The fourth-order valence-electron chi connectivity index (χ4n) is 6.10. The molecule has 0 amide bonds. The van der Waals surface area contributed by atoms with E-state index in [-0.39, 0.29) is 26.1 Å². The van der Waals surface area contributed by atoms with Crippen LogP contribution in [0.1, 0.15) is 155 Å². The number of aliphatic hydroxyl groups excluding tert-OH is 4. The van der Waals surface area contributed by atoms with E-state index in [1.807, 2.05) is 0 Å². The van der Waals surface area contributed by atoms with Gasteiger partial charge in [0.2, 0.25) is 0 Å². The number of hydrogen-bond donors (Lipinski definition) is 4. The van der Waals surface area contributed by atoms with Crippen molar-refractivity contribution in [2.45, 2.75) is 192 Å². The molecule has 1 aliphatic heterocycles. The van der Waals surface area contributed by atoms with Crippen LogP contribution in [0.2, 0.25) is 0 Å². The lowest BCUT2D eigenvalue weighted by Gasteiger charge is -2.39. The van der Waals surface area contributed by atoms with E-state index in [1.165, 1.54) is 38.5 Å². The lowest BCUT2D eigenvalue weighted by atomic mass is 9.99. The minimum Gasteiger partial charge on any atom is -0.462 e. The first-order chi connectivity index (χ1) is 27.8. The summed E-state index contributed by atoms with van der Waals surface area (Å²) in [5, 5.41) is 40.0. The van der Waals surface area contributed by atoms with Crippen LogP contribution < -0.4 is 0 Å². The molecule has 0 spiro atoms. The lowest BCUT2D eigenvalue weighted by Crippen LogP contribution is -2.59. The molecule has 0 radical (unpaired) electrons. The van der Waals surface area contributed by atoms with Crippen molar-refractivity contribution in [2.75, 3.05) is 19.8 Å². The molecule has 1 fully saturated rings. The van der Waals surface area contributed by atoms with E-state index in [1.54, 1.807) is 0 Å². The van der Waals surface area contributed by atoms with Gasteiger partial charge in [-0.15, -0.1) is 0 Å². The maximum atomic E-state index is 12.7. The highest BCUT2D eigenvalue weighted by Crippen LogP contribution is 2.22. The van der Waals surface area contributed by atoms with Crippen molar-refractivity contribution in [3.63, 3.8) is 0 Å². The van der Waals surface area contributed by atoms with Crippen LogP contribution in [-0.2, 0) is 28.5 Å². The quantitative estimate of drug-likeness (QED) is 0.0277. The highest BCUT2D eigenvalue weighted by molar-refractivity contribution is 5.70. The van der Waals surface area contributed by atoms with Crippen molar-refractivity contribution in [3.05, 3.63) is 72.9 Å². The van der Waals surface area contributed by atoms with Gasteiger partial charge >= 0.3 is 11.9 Å². The van der Waals surface area contributed by atoms with Crippen LogP contribution >= 0.6 is 0 Å². The van der Waals surface area contributed by atoms with Gasteiger partial charge in [0.25, 0.3) is 0 Å². The van der Waals surface area contributed by atoms with Gasteiger partial charge in [0.1, 0.15) is 31.0 Å². The van der Waals surface area contributed by atoms with Crippen molar-refractivity contribution in [2.24, 2.45) is 0 Å². The van der Waals surface area contributed by atoms with Crippen LogP contribution in [0.5, 0.6) is 0 Å². The average molecular weight is 803 g/mol. The smallest absolute Gasteiger partial charge is 0.306 e. The molecule has 1 saturated heterocycles. The normalized spacial score (nSPS) is 21.0. The first-order valence-corrected chi connectivity index (χ1v) is 22.0. The third-order valence-electron chi connectivity index (χ3n) is 9.58. The molecule has 0 bridgehead atoms. The van der Waals surface area contributed by atoms with Crippen LogP contribution in [-0.4, -0.2) is 89.0 Å². The molecule has 57 heavy (non-hydrogen) atoms. The van der Waals surface area contributed by atoms with E-state index in [4.69, 9.17) is 18.9 Å². The monoisotopic (exact) mass is 803 g/mol. The first kappa shape index (κ1) is 52.2. The molecule has 10 heteroatoms. The minimum absolute atomic E-state index is 0.196. The summed E-state index contributed by atoms with van der Waals surface area (Å²) in [6, 6.07) is 0. The van der Waals surface area contributed by atoms with Crippen molar-refractivity contribution >= 4 is 11.9 Å². The molecule has 0 aromatic heterocycles. The predicted molar refractivity (Wildman–Crippen MR) is 228 cm³/mol. The molecule has 2 unspecified atom stereocenters. The summed E-state index contributed by atoms with van der Waals surface area (Å²) >= 11 is 0. The summed E-state index contributed by atoms with van der Waals surface area (Å²) in [6.45, 7) is 3.22. The standard InChI is InChI=1S/C47H78O10/c1-3-5-7-9-11-13-15-17-19-20-22-23-25-27-29-31-33-35-42(49)54-38-40(39-55-47-46(53)45(52)44(51)41(37-48)57-47)56-43(50)36-34-32-30-28-26-24-21-18-16-14-12-10-8-6-4-2/h6,8,12,14,17-19,21-23,27,29,40-41,44-48,51-53H,3-5,7,9-11,13,15-16,20,24-26,28,30-39H2,1-2H3/b8-6+,14-12+,19-17+,21-18+,23-22+,29-27+/t40-,41-,44+,45?,46?,47-/m0/s1. The number of hydrogen-bond acceptors (Lipinski definition) is 10. The van der Waals surface area contributed by atoms with Crippen molar-refractivity contribution in [1.82, 2.24) is 0 Å². The SMILES string of the molecule is CC/C=C/C/C=C/C/C=C/CCCCCCCC(=O)O[C@@H](COC(=O)CCC/C=C/C/C=C/C/C=C/CCCCCCCC)CO[C@H]1O[C@@H](CO)[C@@H](O)C(O)C1O. The average Bonchev–Trinajstić information content (AvgIpc) is 3.21. The van der Waals surface area contributed by atoms with E-state index in [2.05, 4.69) is 86.8 Å². The molecular weight excluding hydrogens is 725 g/mol. The van der Waals surface area contributed by atoms with E-state index in [0.29, 0.717) is 12.8 Å². The molecule has 0 aromatic carbocycles. The molecule has 4 N–H and O–H groups in total. The fourth-order valence-corrected chi connectivity index (χ4v) is 6.10. The minimum atomic E-state index is -1.61. The molecule has 6 atom stereocenters. The van der Waals surface area contributed by atoms with Gasteiger partial charge in [-0.3, -0.25) is 9.59 Å². The summed E-state index contributed by atoms with van der Waals surface area (Å²) < 4.78 is 22.1. The Labute approximate surface area is 344 Å². The zero-order chi connectivity index (χ0) is 41.6. The largest absolute Gasteiger partial charge is 0.462 e. The molecule has 0 saturated carbocycles. The molecule has 326 valence electrons.